The molecule has 3 fully saturated rings. The van der Waals surface area contributed by atoms with E-state index in [2.05, 4.69) is 29.8 Å². The quantitative estimate of drug-likeness (QED) is 0.515. The fraction of sp³-hybridized carbons (Fsp3) is 1.00. The predicted octanol–water partition coefficient (Wildman–Crippen LogP) is 5.75. The minimum Gasteiger partial charge on any atom is -0.317 e. The van der Waals surface area contributed by atoms with Crippen LogP contribution in [0.15, 0.2) is 0 Å². The monoisotopic (exact) mass is 359 g/mol. The van der Waals surface area contributed by atoms with Crippen molar-refractivity contribution in [2.24, 2.45) is 0 Å². The van der Waals surface area contributed by atoms with E-state index in [0.717, 1.165) is 0 Å². The number of hydrogen-bond donors (Lipinski definition) is 3. The number of nitrogens with one attached hydrogen (secondary N) is 3. The van der Waals surface area contributed by atoms with E-state index in [1.807, 2.05) is 27.7 Å². The maximum absolute atomic E-state index is 3.35. The van der Waals surface area contributed by atoms with Crippen molar-refractivity contribution in [1.82, 2.24) is 16.0 Å². The van der Waals surface area contributed by atoms with Crippen molar-refractivity contribution in [2.75, 3.05) is 39.3 Å². The lowest BCUT2D eigenvalue weighted by atomic mass is 10.2. The summed E-state index contributed by atoms with van der Waals surface area (Å²) < 4.78 is 0. The van der Waals surface area contributed by atoms with Crippen LogP contribution in [0.1, 0.15) is 106 Å². The van der Waals surface area contributed by atoms with E-state index < -0.39 is 0 Å². The Morgan fingerprint density at radius 1 is 0.400 bits per heavy atom. The Hall–Kier alpha value is -0.120. The van der Waals surface area contributed by atoms with Gasteiger partial charge in [0.2, 0.25) is 0 Å². The molecule has 0 radical (unpaired) electrons. The summed E-state index contributed by atoms with van der Waals surface area (Å²) >= 11 is 0. The number of piperidine rings is 1. The summed E-state index contributed by atoms with van der Waals surface area (Å²) in [7, 11) is 0. The fourth-order valence-electron chi connectivity index (χ4n) is 2.41. The molecular formula is C22H53N3. The molecule has 3 saturated heterocycles. The van der Waals surface area contributed by atoms with Crippen LogP contribution in [-0.4, -0.2) is 39.3 Å². The maximum Gasteiger partial charge on any atom is -0.00484 e. The van der Waals surface area contributed by atoms with Crippen LogP contribution < -0.4 is 16.0 Å². The Morgan fingerprint density at radius 2 is 0.560 bits per heavy atom. The Balaban J connectivity index is -0.000000249. The van der Waals surface area contributed by atoms with E-state index in [0.29, 0.717) is 0 Å². The lowest BCUT2D eigenvalue weighted by Crippen LogP contribution is -2.21. The third-order valence-electron chi connectivity index (χ3n) is 3.62. The zero-order valence-electron chi connectivity index (χ0n) is 18.8. The van der Waals surface area contributed by atoms with E-state index in [-0.39, 0.29) is 0 Å². The molecule has 0 unspecified atom stereocenters. The Labute approximate surface area is 161 Å². The molecule has 0 amide bonds. The molecule has 25 heavy (non-hydrogen) atoms. The zero-order chi connectivity index (χ0) is 19.4. The first-order valence-corrected chi connectivity index (χ1v) is 11.5. The van der Waals surface area contributed by atoms with E-state index in [4.69, 9.17) is 0 Å². The van der Waals surface area contributed by atoms with Gasteiger partial charge in [0.1, 0.15) is 0 Å². The molecule has 0 spiro atoms. The SMILES string of the molecule is C1CCCNCC1.C1CCNC1.C1CCNCC1.CC.CC.CCC. The first-order chi connectivity index (χ1) is 12.4. The molecule has 0 aliphatic carbocycles. The van der Waals surface area contributed by atoms with Crippen LogP contribution in [-0.2, 0) is 0 Å². The summed E-state index contributed by atoms with van der Waals surface area (Å²) in [5, 5.41) is 9.85. The highest BCUT2D eigenvalue weighted by Gasteiger charge is 1.94. The highest BCUT2D eigenvalue weighted by Crippen LogP contribution is 2.00. The van der Waals surface area contributed by atoms with Gasteiger partial charge < -0.3 is 16.0 Å². The standard InChI is InChI=1S/C6H13N.C5H11N.C4H9N.C3H8.2C2H6/c1-2-4-6-7-5-3-1;1-2-4-6-5-3-1;1-2-4-5-3-1;1-3-2;2*1-2/h7H,1-6H2;6H,1-5H2;5H,1-4H2;3H2,1-2H3;2*1-2H3. The molecule has 156 valence electrons. The molecule has 3 nitrogen and oxygen atoms in total. The molecule has 3 heteroatoms. The average molecular weight is 360 g/mol. The second-order valence-electron chi connectivity index (χ2n) is 6.14. The molecule has 0 aromatic rings. The van der Waals surface area contributed by atoms with Crippen molar-refractivity contribution >= 4 is 0 Å². The van der Waals surface area contributed by atoms with Crippen LogP contribution in [0, 0.1) is 0 Å². The van der Waals surface area contributed by atoms with Crippen LogP contribution in [0.25, 0.3) is 0 Å². The molecule has 0 saturated carbocycles. The summed E-state index contributed by atoms with van der Waals surface area (Å²) in [5.41, 5.74) is 0. The van der Waals surface area contributed by atoms with E-state index in [1.165, 1.54) is 103 Å². The van der Waals surface area contributed by atoms with E-state index >= 15 is 0 Å². The average Bonchev–Trinajstić information content (AvgIpc) is 3.15. The first kappa shape index (κ1) is 29.6. The molecular weight excluding hydrogens is 306 g/mol. The van der Waals surface area contributed by atoms with Crippen molar-refractivity contribution in [3.8, 4) is 0 Å². The molecule has 3 heterocycles. The lowest BCUT2D eigenvalue weighted by Gasteiger charge is -2.08. The Kier molecular flexibility index (Phi) is 41.6. The van der Waals surface area contributed by atoms with Crippen molar-refractivity contribution in [1.29, 1.82) is 0 Å². The van der Waals surface area contributed by atoms with Crippen molar-refractivity contribution < 1.29 is 0 Å². The second kappa shape index (κ2) is 35.1. The molecule has 0 atom stereocenters. The van der Waals surface area contributed by atoms with Gasteiger partial charge in [-0.2, -0.15) is 0 Å². The predicted molar refractivity (Wildman–Crippen MR) is 119 cm³/mol. The van der Waals surface area contributed by atoms with Crippen molar-refractivity contribution in [3.63, 3.8) is 0 Å². The van der Waals surface area contributed by atoms with Crippen molar-refractivity contribution in [2.45, 2.75) is 106 Å². The van der Waals surface area contributed by atoms with Gasteiger partial charge in [-0.15, -0.1) is 0 Å². The summed E-state index contributed by atoms with van der Waals surface area (Å²) in [6.45, 7) is 19.8. The molecule has 3 N–H and O–H groups in total. The van der Waals surface area contributed by atoms with Crippen LogP contribution in [0.5, 0.6) is 0 Å². The Morgan fingerprint density at radius 3 is 0.760 bits per heavy atom. The normalized spacial score (nSPS) is 18.5. The molecule has 0 bridgehead atoms. The van der Waals surface area contributed by atoms with E-state index in [9.17, 15) is 0 Å². The summed E-state index contributed by atoms with van der Waals surface area (Å²) in [4.78, 5) is 0. The molecule has 0 aromatic heterocycles. The maximum atomic E-state index is 3.35. The van der Waals surface area contributed by atoms with Gasteiger partial charge in [0.15, 0.2) is 0 Å². The van der Waals surface area contributed by atoms with Gasteiger partial charge in [-0.25, -0.2) is 0 Å². The van der Waals surface area contributed by atoms with Crippen LogP contribution in [0.3, 0.4) is 0 Å². The third-order valence-corrected chi connectivity index (χ3v) is 3.62. The zero-order valence-corrected chi connectivity index (χ0v) is 18.8. The minimum atomic E-state index is 1.25. The molecule has 3 aliphatic rings. The lowest BCUT2D eigenvalue weighted by molar-refractivity contribution is 0.520. The smallest absolute Gasteiger partial charge is 0.00484 e. The number of hydrogen-bond acceptors (Lipinski definition) is 3. The summed E-state index contributed by atoms with van der Waals surface area (Å²) in [5.74, 6) is 0. The van der Waals surface area contributed by atoms with Gasteiger partial charge in [-0.3, -0.25) is 0 Å². The first-order valence-electron chi connectivity index (χ1n) is 11.5. The summed E-state index contributed by atoms with van der Waals surface area (Å²) in [6, 6.07) is 0. The van der Waals surface area contributed by atoms with Gasteiger partial charge in [0.25, 0.3) is 0 Å². The van der Waals surface area contributed by atoms with Crippen molar-refractivity contribution in [3.05, 3.63) is 0 Å². The third kappa shape index (κ3) is 35.8. The van der Waals surface area contributed by atoms with Crippen LogP contribution >= 0.6 is 0 Å². The second-order valence-corrected chi connectivity index (χ2v) is 6.14. The largest absolute Gasteiger partial charge is 0.317 e. The van der Waals surface area contributed by atoms with E-state index in [1.54, 1.807) is 0 Å². The van der Waals surface area contributed by atoms with Gasteiger partial charge in [-0.05, 0) is 77.8 Å². The molecule has 3 rings (SSSR count). The topological polar surface area (TPSA) is 36.1 Å². The van der Waals surface area contributed by atoms with Gasteiger partial charge in [-0.1, -0.05) is 67.2 Å². The van der Waals surface area contributed by atoms with Gasteiger partial charge >= 0.3 is 0 Å². The van der Waals surface area contributed by atoms with Crippen LogP contribution in [0.2, 0.25) is 0 Å². The van der Waals surface area contributed by atoms with Crippen LogP contribution in [0.4, 0.5) is 0 Å². The van der Waals surface area contributed by atoms with Gasteiger partial charge in [0, 0.05) is 0 Å². The molecule has 0 aromatic carbocycles. The molecule has 3 aliphatic heterocycles. The minimum absolute atomic E-state index is 1.25. The highest BCUT2D eigenvalue weighted by atomic mass is 14.9. The Bertz CT molecular complexity index is 128. The number of rotatable bonds is 0. The fourth-order valence-corrected chi connectivity index (χ4v) is 2.41. The highest BCUT2D eigenvalue weighted by molar-refractivity contribution is 4.56. The summed E-state index contributed by atoms with van der Waals surface area (Å²) in [6.07, 6.45) is 13.9. The van der Waals surface area contributed by atoms with Gasteiger partial charge in [0.05, 0.1) is 0 Å².